The normalized spacial score (nSPS) is 11.7. The van der Waals surface area contributed by atoms with Crippen molar-refractivity contribution in [3.8, 4) is 0 Å². The van der Waals surface area contributed by atoms with Gasteiger partial charge in [0.15, 0.2) is 0 Å². The van der Waals surface area contributed by atoms with Gasteiger partial charge in [0.1, 0.15) is 0 Å². The van der Waals surface area contributed by atoms with Crippen LogP contribution in [-0.4, -0.2) is 32.1 Å². The monoisotopic (exact) mass is 266 g/mol. The Kier molecular flexibility index (Phi) is 5.29. The summed E-state index contributed by atoms with van der Waals surface area (Å²) in [4.78, 5) is 23.7. The second kappa shape index (κ2) is 6.72. The smallest absolute Gasteiger partial charge is 0.305 e. The summed E-state index contributed by atoms with van der Waals surface area (Å²) in [5.41, 5.74) is 1.49. The van der Waals surface area contributed by atoms with Crippen molar-refractivity contribution in [1.82, 2.24) is 0 Å². The number of carbonyl (C=O) groups is 1. The highest BCUT2D eigenvalue weighted by Gasteiger charge is 2.24. The highest BCUT2D eigenvalue weighted by atomic mass is 16.6. The lowest BCUT2D eigenvalue weighted by Crippen LogP contribution is -2.14. The van der Waals surface area contributed by atoms with Gasteiger partial charge in [-0.3, -0.25) is 14.9 Å². The van der Waals surface area contributed by atoms with Gasteiger partial charge in [-0.1, -0.05) is 12.1 Å². The summed E-state index contributed by atoms with van der Waals surface area (Å²) in [7, 11) is 5.01. The number of nitro groups is 1. The first-order valence-corrected chi connectivity index (χ1v) is 5.93. The highest BCUT2D eigenvalue weighted by molar-refractivity contribution is 5.69. The second-order valence-corrected chi connectivity index (χ2v) is 4.41. The van der Waals surface area contributed by atoms with E-state index >= 15 is 0 Å². The Bertz CT molecular complexity index is 460. The molecule has 0 radical (unpaired) electrons. The van der Waals surface area contributed by atoms with Crippen LogP contribution < -0.4 is 4.90 Å². The van der Waals surface area contributed by atoms with Gasteiger partial charge in [0.25, 0.3) is 0 Å². The molecule has 0 heterocycles. The Hall–Kier alpha value is -2.11. The molecule has 6 nitrogen and oxygen atoms in total. The standard InChI is InChI=1S/C13H18N2O4/c1-14(2)11-6-4-5-10(9-11)12(15(17)18)7-8-13(16)19-3/h4-6,9,12H,7-8H2,1-3H3. The Morgan fingerprint density at radius 2 is 2.16 bits per heavy atom. The average Bonchev–Trinajstić information content (AvgIpc) is 2.38. The second-order valence-electron chi connectivity index (χ2n) is 4.41. The van der Waals surface area contributed by atoms with Crippen molar-refractivity contribution < 1.29 is 14.5 Å². The molecule has 104 valence electrons. The molecule has 1 aromatic rings. The van der Waals surface area contributed by atoms with Crippen molar-refractivity contribution in [1.29, 1.82) is 0 Å². The van der Waals surface area contributed by atoms with Gasteiger partial charge in [-0.2, -0.15) is 0 Å². The third-order valence-electron chi connectivity index (χ3n) is 2.88. The summed E-state index contributed by atoms with van der Waals surface area (Å²) in [6.07, 6.45) is 0.172. The minimum Gasteiger partial charge on any atom is -0.469 e. The zero-order valence-electron chi connectivity index (χ0n) is 11.3. The molecule has 0 spiro atoms. The van der Waals surface area contributed by atoms with Crippen LogP contribution in [0.3, 0.4) is 0 Å². The van der Waals surface area contributed by atoms with E-state index in [0.717, 1.165) is 5.69 Å². The number of ether oxygens (including phenoxy) is 1. The maximum Gasteiger partial charge on any atom is 0.305 e. The van der Waals surface area contributed by atoms with Crippen molar-refractivity contribution in [3.63, 3.8) is 0 Å². The Morgan fingerprint density at radius 1 is 1.47 bits per heavy atom. The van der Waals surface area contributed by atoms with Gasteiger partial charge in [0.05, 0.1) is 13.5 Å². The number of methoxy groups -OCH3 is 1. The van der Waals surface area contributed by atoms with E-state index in [4.69, 9.17) is 0 Å². The van der Waals surface area contributed by atoms with E-state index in [1.54, 1.807) is 18.2 Å². The molecule has 0 aliphatic carbocycles. The first-order valence-electron chi connectivity index (χ1n) is 5.93. The van der Waals surface area contributed by atoms with Gasteiger partial charge in [-0.05, 0) is 12.1 Å². The fourth-order valence-electron chi connectivity index (χ4n) is 1.76. The van der Waals surface area contributed by atoms with Crippen LogP contribution in [0.1, 0.15) is 24.4 Å². The van der Waals surface area contributed by atoms with E-state index < -0.39 is 12.0 Å². The molecule has 0 amide bonds. The van der Waals surface area contributed by atoms with Crippen LogP contribution in [0.5, 0.6) is 0 Å². The van der Waals surface area contributed by atoms with E-state index in [9.17, 15) is 14.9 Å². The summed E-state index contributed by atoms with van der Waals surface area (Å²) >= 11 is 0. The van der Waals surface area contributed by atoms with E-state index in [-0.39, 0.29) is 17.8 Å². The van der Waals surface area contributed by atoms with E-state index in [0.29, 0.717) is 5.56 Å². The predicted molar refractivity (Wildman–Crippen MR) is 71.8 cm³/mol. The first kappa shape index (κ1) is 14.9. The number of hydrogen-bond donors (Lipinski definition) is 0. The van der Waals surface area contributed by atoms with Crippen molar-refractivity contribution in [2.24, 2.45) is 0 Å². The van der Waals surface area contributed by atoms with Gasteiger partial charge < -0.3 is 9.64 Å². The van der Waals surface area contributed by atoms with Crippen LogP contribution >= 0.6 is 0 Å². The quantitative estimate of drug-likeness (QED) is 0.447. The predicted octanol–water partition coefficient (Wildman–Crippen LogP) is 2.02. The van der Waals surface area contributed by atoms with Gasteiger partial charge in [0.2, 0.25) is 6.04 Å². The zero-order valence-corrected chi connectivity index (χ0v) is 11.3. The van der Waals surface area contributed by atoms with Gasteiger partial charge in [-0.15, -0.1) is 0 Å². The molecule has 1 atom stereocenters. The van der Waals surface area contributed by atoms with Crippen LogP contribution in [0.25, 0.3) is 0 Å². The molecule has 0 N–H and O–H groups in total. The molecular weight excluding hydrogens is 248 g/mol. The van der Waals surface area contributed by atoms with Crippen molar-refractivity contribution >= 4 is 11.7 Å². The molecule has 0 bridgehead atoms. The average molecular weight is 266 g/mol. The van der Waals surface area contributed by atoms with Crippen LogP contribution in [0.15, 0.2) is 24.3 Å². The number of hydrogen-bond acceptors (Lipinski definition) is 5. The molecular formula is C13H18N2O4. The molecule has 0 saturated carbocycles. The van der Waals surface area contributed by atoms with Crippen molar-refractivity contribution in [2.75, 3.05) is 26.1 Å². The van der Waals surface area contributed by atoms with E-state index in [1.807, 2.05) is 25.1 Å². The summed E-state index contributed by atoms with van der Waals surface area (Å²) in [6.45, 7) is 0. The van der Waals surface area contributed by atoms with Crippen LogP contribution in [0.4, 0.5) is 5.69 Å². The Morgan fingerprint density at radius 3 is 2.68 bits per heavy atom. The summed E-state index contributed by atoms with van der Waals surface area (Å²) in [6, 6.07) is 6.24. The first-order chi connectivity index (χ1) is 8.95. The summed E-state index contributed by atoms with van der Waals surface area (Å²) < 4.78 is 4.51. The minimum atomic E-state index is -0.890. The number of carbonyl (C=O) groups excluding carboxylic acids is 1. The third-order valence-corrected chi connectivity index (χ3v) is 2.88. The van der Waals surface area contributed by atoms with Crippen molar-refractivity contribution in [2.45, 2.75) is 18.9 Å². The van der Waals surface area contributed by atoms with Gasteiger partial charge in [0, 0.05) is 36.7 Å². The molecule has 19 heavy (non-hydrogen) atoms. The molecule has 0 aromatic heterocycles. The number of anilines is 1. The number of rotatable bonds is 6. The lowest BCUT2D eigenvalue weighted by molar-refractivity contribution is -0.529. The van der Waals surface area contributed by atoms with Crippen LogP contribution in [0.2, 0.25) is 0 Å². The Labute approximate surface area is 112 Å². The topological polar surface area (TPSA) is 72.7 Å². The van der Waals surface area contributed by atoms with Crippen LogP contribution in [0, 0.1) is 10.1 Å². The molecule has 0 fully saturated rings. The molecule has 0 saturated heterocycles. The maximum absolute atomic E-state index is 11.1. The molecule has 6 heteroatoms. The lowest BCUT2D eigenvalue weighted by Gasteiger charge is -2.15. The van der Waals surface area contributed by atoms with Gasteiger partial charge >= 0.3 is 5.97 Å². The SMILES string of the molecule is COC(=O)CCC(c1cccc(N(C)C)c1)[N+](=O)[O-]. The minimum absolute atomic E-state index is 0.0361. The van der Waals surface area contributed by atoms with Gasteiger partial charge in [-0.25, -0.2) is 0 Å². The largest absolute Gasteiger partial charge is 0.469 e. The van der Waals surface area contributed by atoms with Crippen LogP contribution in [-0.2, 0) is 9.53 Å². The maximum atomic E-state index is 11.1. The highest BCUT2D eigenvalue weighted by Crippen LogP contribution is 2.25. The third kappa shape index (κ3) is 4.24. The lowest BCUT2D eigenvalue weighted by atomic mass is 10.0. The molecule has 0 aliphatic heterocycles. The fourth-order valence-corrected chi connectivity index (χ4v) is 1.76. The van der Waals surface area contributed by atoms with E-state index in [2.05, 4.69) is 4.74 Å². The number of benzene rings is 1. The summed E-state index contributed by atoms with van der Waals surface area (Å²) in [5.74, 6) is -0.435. The Balaban J connectivity index is 2.89. The number of nitrogens with zero attached hydrogens (tertiary/aromatic N) is 2. The number of esters is 1. The van der Waals surface area contributed by atoms with Crippen molar-refractivity contribution in [3.05, 3.63) is 39.9 Å². The molecule has 1 unspecified atom stereocenters. The zero-order chi connectivity index (χ0) is 14.4. The molecule has 1 rings (SSSR count). The summed E-state index contributed by atoms with van der Waals surface area (Å²) in [5, 5.41) is 11.1. The van der Waals surface area contributed by atoms with E-state index in [1.165, 1.54) is 7.11 Å². The fraction of sp³-hybridized carbons (Fsp3) is 0.462. The molecule has 0 aliphatic rings. The molecule has 1 aromatic carbocycles.